The summed E-state index contributed by atoms with van der Waals surface area (Å²) in [5.74, 6) is -2.24. The minimum absolute atomic E-state index is 0.0933. The van der Waals surface area contributed by atoms with E-state index < -0.39 is 22.3 Å². The van der Waals surface area contributed by atoms with Crippen LogP contribution in [0.3, 0.4) is 0 Å². The van der Waals surface area contributed by atoms with Gasteiger partial charge in [-0.3, -0.25) is 10.1 Å². The van der Waals surface area contributed by atoms with E-state index in [1.807, 2.05) is 18.7 Å². The molecule has 0 amide bonds. The summed E-state index contributed by atoms with van der Waals surface area (Å²) in [6, 6.07) is 1.88. The van der Waals surface area contributed by atoms with Gasteiger partial charge in [-0.2, -0.15) is 0 Å². The molecule has 6 nitrogen and oxygen atoms in total. The molecule has 1 aliphatic rings. The lowest BCUT2D eigenvalue weighted by atomic mass is 10.0. The number of nitrogens with zero attached hydrogens (tertiary/aromatic N) is 2. The molecular formula is C14H17FN2O4. The van der Waals surface area contributed by atoms with Crippen LogP contribution in [0.25, 0.3) is 0 Å². The molecule has 1 unspecified atom stereocenters. The highest BCUT2D eigenvalue weighted by Crippen LogP contribution is 2.37. The van der Waals surface area contributed by atoms with E-state index in [1.165, 1.54) is 0 Å². The number of hydrogen-bond acceptors (Lipinski definition) is 4. The molecule has 1 fully saturated rings. The van der Waals surface area contributed by atoms with Crippen LogP contribution in [0.2, 0.25) is 0 Å². The van der Waals surface area contributed by atoms with E-state index in [0.29, 0.717) is 12.6 Å². The van der Waals surface area contributed by atoms with Crippen molar-refractivity contribution >= 4 is 17.3 Å². The first-order valence-corrected chi connectivity index (χ1v) is 6.80. The van der Waals surface area contributed by atoms with E-state index in [1.54, 1.807) is 0 Å². The molecule has 1 atom stereocenters. The highest BCUT2D eigenvalue weighted by atomic mass is 19.1. The second kappa shape index (κ2) is 5.67. The van der Waals surface area contributed by atoms with Crippen molar-refractivity contribution in [3.8, 4) is 0 Å². The lowest BCUT2D eigenvalue weighted by Crippen LogP contribution is -2.34. The number of halogens is 1. The lowest BCUT2D eigenvalue weighted by Gasteiger charge is -2.29. The Kier molecular flexibility index (Phi) is 4.11. The smallest absolute Gasteiger partial charge is 0.338 e. The van der Waals surface area contributed by atoms with Gasteiger partial charge in [-0.15, -0.1) is 0 Å². The fraction of sp³-hybridized carbons (Fsp3) is 0.500. The van der Waals surface area contributed by atoms with E-state index in [4.69, 9.17) is 5.11 Å². The summed E-state index contributed by atoms with van der Waals surface area (Å²) in [4.78, 5) is 23.4. The average molecular weight is 296 g/mol. The number of carboxylic acid groups (broad SMARTS) is 1. The van der Waals surface area contributed by atoms with Gasteiger partial charge in [0, 0.05) is 12.6 Å². The van der Waals surface area contributed by atoms with Crippen LogP contribution in [-0.4, -0.2) is 28.6 Å². The molecule has 0 aliphatic carbocycles. The van der Waals surface area contributed by atoms with Gasteiger partial charge in [0.15, 0.2) is 0 Å². The van der Waals surface area contributed by atoms with E-state index >= 15 is 0 Å². The Morgan fingerprint density at radius 1 is 1.52 bits per heavy atom. The zero-order valence-electron chi connectivity index (χ0n) is 11.9. The first-order valence-electron chi connectivity index (χ1n) is 6.80. The number of aromatic carboxylic acids is 1. The van der Waals surface area contributed by atoms with Crippen LogP contribution >= 0.6 is 0 Å². The normalized spacial score (nSPS) is 18.3. The van der Waals surface area contributed by atoms with Gasteiger partial charge >= 0.3 is 5.97 Å². The van der Waals surface area contributed by atoms with E-state index in [0.717, 1.165) is 18.9 Å². The summed E-state index contributed by atoms with van der Waals surface area (Å²) in [5.41, 5.74) is -0.731. The number of nitro benzene ring substituents is 1. The highest BCUT2D eigenvalue weighted by molar-refractivity contribution is 5.90. The molecule has 21 heavy (non-hydrogen) atoms. The molecule has 1 aliphatic heterocycles. The van der Waals surface area contributed by atoms with Crippen molar-refractivity contribution in [2.24, 2.45) is 5.92 Å². The van der Waals surface area contributed by atoms with Crippen molar-refractivity contribution in [1.82, 2.24) is 0 Å². The third kappa shape index (κ3) is 2.81. The van der Waals surface area contributed by atoms with Crippen LogP contribution in [0.4, 0.5) is 15.8 Å². The minimum Gasteiger partial charge on any atom is -0.478 e. The van der Waals surface area contributed by atoms with Crippen LogP contribution in [-0.2, 0) is 0 Å². The molecule has 2 rings (SSSR count). The fourth-order valence-corrected chi connectivity index (χ4v) is 2.88. The summed E-state index contributed by atoms with van der Waals surface area (Å²) < 4.78 is 13.7. The van der Waals surface area contributed by atoms with Crippen LogP contribution in [0.5, 0.6) is 0 Å². The molecule has 0 radical (unpaired) electrons. The lowest BCUT2D eigenvalue weighted by molar-refractivity contribution is -0.384. The van der Waals surface area contributed by atoms with Gasteiger partial charge in [-0.25, -0.2) is 9.18 Å². The Morgan fingerprint density at radius 3 is 2.71 bits per heavy atom. The molecule has 7 heteroatoms. The third-order valence-electron chi connectivity index (χ3n) is 3.87. The highest BCUT2D eigenvalue weighted by Gasteiger charge is 2.33. The first kappa shape index (κ1) is 15.2. The molecule has 1 aromatic carbocycles. The summed E-state index contributed by atoms with van der Waals surface area (Å²) in [6.45, 7) is 4.63. The van der Waals surface area contributed by atoms with Crippen molar-refractivity contribution in [2.75, 3.05) is 11.4 Å². The molecule has 0 spiro atoms. The maximum absolute atomic E-state index is 13.7. The van der Waals surface area contributed by atoms with Gasteiger partial charge in [0.1, 0.15) is 11.5 Å². The number of anilines is 1. The Hall–Kier alpha value is -2.18. The van der Waals surface area contributed by atoms with Gasteiger partial charge in [0.2, 0.25) is 0 Å². The maximum atomic E-state index is 13.7. The van der Waals surface area contributed by atoms with Gasteiger partial charge < -0.3 is 10.0 Å². The number of nitro groups is 1. The predicted octanol–water partition coefficient (Wildman–Crippen LogP) is 3.06. The second-order valence-corrected chi connectivity index (χ2v) is 5.53. The summed E-state index contributed by atoms with van der Waals surface area (Å²) in [6.07, 6.45) is 1.76. The molecule has 0 aromatic heterocycles. The Balaban J connectivity index is 2.57. The zero-order valence-corrected chi connectivity index (χ0v) is 11.9. The average Bonchev–Trinajstić information content (AvgIpc) is 2.87. The number of hydrogen-bond donors (Lipinski definition) is 1. The van der Waals surface area contributed by atoms with Crippen LogP contribution in [0.1, 0.15) is 37.0 Å². The molecular weight excluding hydrogens is 279 g/mol. The zero-order chi connectivity index (χ0) is 15.7. The monoisotopic (exact) mass is 296 g/mol. The molecule has 0 saturated carbocycles. The Morgan fingerprint density at radius 2 is 2.19 bits per heavy atom. The topological polar surface area (TPSA) is 83.7 Å². The maximum Gasteiger partial charge on any atom is 0.338 e. The van der Waals surface area contributed by atoms with Gasteiger partial charge in [-0.05, 0) is 24.8 Å². The Bertz CT molecular complexity index is 589. The number of benzene rings is 1. The quantitative estimate of drug-likeness (QED) is 0.682. The van der Waals surface area contributed by atoms with Crippen molar-refractivity contribution < 1.29 is 19.2 Å². The standard InChI is InChI=1S/C14H17FN2O4/c1-8(2)11-4-3-5-16(11)12-6-9(14(18)19)10(15)7-13(12)17(20)21/h6-8,11H,3-5H2,1-2H3,(H,18,19). The minimum atomic E-state index is -1.43. The first-order chi connectivity index (χ1) is 9.82. The number of rotatable bonds is 4. The molecule has 1 N–H and O–H groups in total. The van der Waals surface area contributed by atoms with E-state index in [9.17, 15) is 19.3 Å². The molecule has 1 heterocycles. The fourth-order valence-electron chi connectivity index (χ4n) is 2.88. The van der Waals surface area contributed by atoms with Crippen molar-refractivity contribution in [3.63, 3.8) is 0 Å². The molecule has 1 saturated heterocycles. The summed E-state index contributed by atoms with van der Waals surface area (Å²) >= 11 is 0. The molecule has 1 aromatic rings. The summed E-state index contributed by atoms with van der Waals surface area (Å²) in [7, 11) is 0. The van der Waals surface area contributed by atoms with Crippen LogP contribution < -0.4 is 4.90 Å². The Labute approximate surface area is 121 Å². The van der Waals surface area contributed by atoms with Crippen LogP contribution in [0, 0.1) is 21.8 Å². The van der Waals surface area contributed by atoms with Crippen molar-refractivity contribution in [3.05, 3.63) is 33.6 Å². The molecule has 0 bridgehead atoms. The predicted molar refractivity (Wildman–Crippen MR) is 75.2 cm³/mol. The summed E-state index contributed by atoms with van der Waals surface area (Å²) in [5, 5.41) is 20.2. The van der Waals surface area contributed by atoms with Crippen molar-refractivity contribution in [2.45, 2.75) is 32.7 Å². The van der Waals surface area contributed by atoms with Gasteiger partial charge in [0.05, 0.1) is 16.6 Å². The van der Waals surface area contributed by atoms with Crippen molar-refractivity contribution in [1.29, 1.82) is 0 Å². The van der Waals surface area contributed by atoms with Gasteiger partial charge in [-0.1, -0.05) is 13.8 Å². The second-order valence-electron chi connectivity index (χ2n) is 5.53. The third-order valence-corrected chi connectivity index (χ3v) is 3.87. The number of carbonyl (C=O) groups is 1. The SMILES string of the molecule is CC(C)C1CCCN1c1cc(C(=O)O)c(F)cc1[N+](=O)[O-]. The molecule has 114 valence electrons. The van der Waals surface area contributed by atoms with Crippen LogP contribution in [0.15, 0.2) is 12.1 Å². The number of carboxylic acids is 1. The van der Waals surface area contributed by atoms with E-state index in [-0.39, 0.29) is 23.3 Å². The van der Waals surface area contributed by atoms with Gasteiger partial charge in [0.25, 0.3) is 5.69 Å². The largest absolute Gasteiger partial charge is 0.478 e. The van der Waals surface area contributed by atoms with E-state index in [2.05, 4.69) is 0 Å².